The number of benzene rings is 5. The van der Waals surface area contributed by atoms with E-state index >= 15 is 0 Å². The van der Waals surface area contributed by atoms with Gasteiger partial charge in [-0.3, -0.25) is 9.59 Å². The molecular weight excluding hydrogens is 901 g/mol. The van der Waals surface area contributed by atoms with Crippen molar-refractivity contribution in [3.05, 3.63) is 177 Å². The van der Waals surface area contributed by atoms with Crippen molar-refractivity contribution in [1.82, 2.24) is 18.9 Å². The maximum absolute atomic E-state index is 13.4. The third kappa shape index (κ3) is 12.6. The molecule has 7 aromatic rings. The molecule has 2 aromatic heterocycles. The van der Waals surface area contributed by atoms with Gasteiger partial charge in [-0.25, -0.2) is 4.79 Å². The number of hydrogen-bond acceptors (Lipinski definition) is 11. The molecule has 0 unspecified atom stereocenters. The largest absolute Gasteiger partial charge is 0.488 e. The molecule has 0 spiro atoms. The topological polar surface area (TPSA) is 132 Å². The summed E-state index contributed by atoms with van der Waals surface area (Å²) < 4.78 is 44.0. The van der Waals surface area contributed by atoms with Gasteiger partial charge in [0.05, 0.1) is 30.8 Å². The van der Waals surface area contributed by atoms with Gasteiger partial charge in [0.2, 0.25) is 0 Å². The molecule has 0 N–H and O–H groups in total. The van der Waals surface area contributed by atoms with Gasteiger partial charge in [-0.15, -0.1) is 0 Å². The Hall–Kier alpha value is -7.13. The van der Waals surface area contributed by atoms with Gasteiger partial charge in [0, 0.05) is 61.7 Å². The van der Waals surface area contributed by atoms with Gasteiger partial charge in [0.15, 0.2) is 17.8 Å². The molecule has 2 saturated heterocycles. The van der Waals surface area contributed by atoms with E-state index in [9.17, 15) is 14.4 Å². The fourth-order valence-corrected chi connectivity index (χ4v) is 9.14. The van der Waals surface area contributed by atoms with Crippen LogP contribution < -0.4 is 30.1 Å². The van der Waals surface area contributed by atoms with Crippen molar-refractivity contribution < 1.29 is 38.0 Å². The van der Waals surface area contributed by atoms with E-state index in [4.69, 9.17) is 33.2 Å². The highest BCUT2D eigenvalue weighted by atomic mass is 16.7. The molecular formula is C57H62N4O10. The molecule has 14 nitrogen and oxygen atoms in total. The van der Waals surface area contributed by atoms with Crippen LogP contribution >= 0.6 is 0 Å². The summed E-state index contributed by atoms with van der Waals surface area (Å²) in [6.45, 7) is 12.5. The van der Waals surface area contributed by atoms with Crippen LogP contribution in [-0.4, -0.2) is 89.0 Å². The molecule has 3 aliphatic rings. The summed E-state index contributed by atoms with van der Waals surface area (Å²) in [5.41, 5.74) is 4.14. The first-order chi connectivity index (χ1) is 34.5. The number of likely N-dealkylation sites (tertiary alicyclic amines) is 1. The van der Waals surface area contributed by atoms with Crippen molar-refractivity contribution >= 4 is 27.9 Å². The van der Waals surface area contributed by atoms with Gasteiger partial charge in [-0.2, -0.15) is 0 Å². The number of hydrogen-bond donors (Lipinski definition) is 0. The normalized spacial score (nSPS) is 15.3. The highest BCUT2D eigenvalue weighted by molar-refractivity contribution is 5.86. The summed E-state index contributed by atoms with van der Waals surface area (Å²) in [5, 5.41) is 1.82. The zero-order chi connectivity index (χ0) is 49.2. The Morgan fingerprint density at radius 2 is 1.17 bits per heavy atom. The summed E-state index contributed by atoms with van der Waals surface area (Å²) in [4.78, 5) is 43.0. The SMILES string of the molecule is CC(C)(C)OC(=O)N(Cc1ccc2c(c1)OCCO2)C1CCN(CCn2c(=O)ccc3c(OCc4ccccc4)cccc32)CC1.O=c1ccc2c(OCc3ccccc3)cccc2n1CC1OCCO1. The maximum atomic E-state index is 13.4. The smallest absolute Gasteiger partial charge is 0.410 e. The summed E-state index contributed by atoms with van der Waals surface area (Å²) in [6, 6.07) is 44.4. The van der Waals surface area contributed by atoms with Gasteiger partial charge in [-0.05, 0) is 98.8 Å². The minimum Gasteiger partial charge on any atom is -0.488 e. The van der Waals surface area contributed by atoms with Crippen molar-refractivity contribution in [1.29, 1.82) is 0 Å². The summed E-state index contributed by atoms with van der Waals surface area (Å²) >= 11 is 0. The van der Waals surface area contributed by atoms with Crippen LogP contribution in [0, 0.1) is 0 Å². The van der Waals surface area contributed by atoms with Crippen molar-refractivity contribution in [3.63, 3.8) is 0 Å². The monoisotopic (exact) mass is 962 g/mol. The fourth-order valence-electron chi connectivity index (χ4n) is 9.14. The molecule has 370 valence electrons. The Kier molecular flexibility index (Phi) is 15.7. The average molecular weight is 963 g/mol. The number of carbonyl (C=O) groups excluding carboxylic acids is 1. The van der Waals surface area contributed by atoms with E-state index in [-0.39, 0.29) is 29.5 Å². The number of amides is 1. The molecule has 0 bridgehead atoms. The zero-order valence-electron chi connectivity index (χ0n) is 40.7. The molecule has 71 heavy (non-hydrogen) atoms. The minimum absolute atomic E-state index is 0.0295. The van der Waals surface area contributed by atoms with E-state index < -0.39 is 5.60 Å². The molecule has 2 fully saturated rings. The lowest BCUT2D eigenvalue weighted by molar-refractivity contribution is -0.0522. The van der Waals surface area contributed by atoms with Gasteiger partial charge in [0.1, 0.15) is 43.5 Å². The number of ether oxygens (including phenoxy) is 7. The van der Waals surface area contributed by atoms with E-state index in [1.54, 1.807) is 16.7 Å². The van der Waals surface area contributed by atoms with Crippen LogP contribution in [0.5, 0.6) is 23.0 Å². The van der Waals surface area contributed by atoms with Crippen LogP contribution in [0.3, 0.4) is 0 Å². The second-order valence-corrected chi connectivity index (χ2v) is 18.9. The molecule has 5 heterocycles. The van der Waals surface area contributed by atoms with Crippen molar-refractivity contribution in [2.75, 3.05) is 46.1 Å². The number of rotatable bonds is 14. The highest BCUT2D eigenvalue weighted by Gasteiger charge is 2.32. The van der Waals surface area contributed by atoms with E-state index in [0.29, 0.717) is 65.0 Å². The number of pyridine rings is 2. The summed E-state index contributed by atoms with van der Waals surface area (Å²) in [5.74, 6) is 2.95. The number of piperidine rings is 1. The molecule has 0 saturated carbocycles. The molecule has 0 aliphatic carbocycles. The quantitative estimate of drug-likeness (QED) is 0.103. The van der Waals surface area contributed by atoms with Crippen molar-refractivity contribution in [3.8, 4) is 23.0 Å². The van der Waals surface area contributed by atoms with E-state index in [2.05, 4.69) is 4.90 Å². The maximum Gasteiger partial charge on any atom is 0.410 e. The van der Waals surface area contributed by atoms with Crippen LogP contribution in [-0.2, 0) is 47.1 Å². The van der Waals surface area contributed by atoms with Crippen LogP contribution in [0.2, 0.25) is 0 Å². The van der Waals surface area contributed by atoms with Crippen LogP contribution in [0.4, 0.5) is 4.79 Å². The second-order valence-electron chi connectivity index (χ2n) is 18.9. The van der Waals surface area contributed by atoms with Crippen LogP contribution in [0.15, 0.2) is 149 Å². The second kappa shape index (κ2) is 22.7. The van der Waals surface area contributed by atoms with E-state index in [1.807, 2.05) is 158 Å². The van der Waals surface area contributed by atoms with Gasteiger partial charge in [-0.1, -0.05) is 78.9 Å². The lowest BCUT2D eigenvalue weighted by atomic mass is 10.0. The Bertz CT molecular complexity index is 3010. The lowest BCUT2D eigenvalue weighted by Gasteiger charge is -2.39. The average Bonchev–Trinajstić information content (AvgIpc) is 3.91. The third-order valence-corrected chi connectivity index (χ3v) is 12.7. The predicted molar refractivity (Wildman–Crippen MR) is 272 cm³/mol. The first-order valence-electron chi connectivity index (χ1n) is 24.5. The number of fused-ring (bicyclic) bond motifs is 3. The predicted octanol–water partition coefficient (Wildman–Crippen LogP) is 9.21. The molecule has 14 heteroatoms. The van der Waals surface area contributed by atoms with Crippen LogP contribution in [0.25, 0.3) is 21.8 Å². The molecule has 0 radical (unpaired) electrons. The lowest BCUT2D eigenvalue weighted by Crippen LogP contribution is -2.49. The van der Waals surface area contributed by atoms with Crippen LogP contribution in [0.1, 0.15) is 50.3 Å². The molecule has 3 aliphatic heterocycles. The first-order valence-corrected chi connectivity index (χ1v) is 24.5. The Morgan fingerprint density at radius 3 is 1.76 bits per heavy atom. The van der Waals surface area contributed by atoms with Gasteiger partial charge < -0.3 is 52.1 Å². The zero-order valence-corrected chi connectivity index (χ0v) is 40.7. The number of nitrogens with zero attached hydrogens (tertiary/aromatic N) is 4. The van der Waals surface area contributed by atoms with Gasteiger partial charge >= 0.3 is 6.09 Å². The molecule has 5 aromatic carbocycles. The van der Waals surface area contributed by atoms with Gasteiger partial charge in [0.25, 0.3) is 11.1 Å². The molecule has 10 rings (SSSR count). The Labute approximate surface area is 413 Å². The summed E-state index contributed by atoms with van der Waals surface area (Å²) in [6.07, 6.45) is 0.933. The number of aromatic nitrogens is 2. The minimum atomic E-state index is -0.596. The standard InChI is InChI=1S/C37H43N3O6.C20H19NO4/c1-37(2,3)46-36(42)40(25-28-12-14-33-34(24-28)44-23-22-43-33)29-16-18-38(19-17-29)20-21-39-31-10-7-11-32(30(31)13-15-35(39)41)45-26-27-8-5-4-6-9-27;22-19-10-9-16-17(21(19)13-20-23-11-12-24-20)7-4-8-18(16)25-14-15-5-2-1-3-6-15/h4-15,24,29H,16-23,25-26H2,1-3H3;1-10,20H,11-14H2. The summed E-state index contributed by atoms with van der Waals surface area (Å²) in [7, 11) is 0. The van der Waals surface area contributed by atoms with E-state index in [1.165, 1.54) is 0 Å². The number of carbonyl (C=O) groups is 1. The van der Waals surface area contributed by atoms with E-state index in [0.717, 1.165) is 88.2 Å². The van der Waals surface area contributed by atoms with Crippen molar-refractivity contribution in [2.24, 2.45) is 0 Å². The van der Waals surface area contributed by atoms with Crippen molar-refractivity contribution in [2.45, 2.75) is 84.4 Å². The molecule has 1 amide bonds. The third-order valence-electron chi connectivity index (χ3n) is 12.7. The fraction of sp³-hybridized carbons (Fsp3) is 0.351. The Morgan fingerprint density at radius 1 is 0.606 bits per heavy atom. The Balaban J connectivity index is 0.000000209. The highest BCUT2D eigenvalue weighted by Crippen LogP contribution is 2.33. The molecule has 0 atom stereocenters. The first kappa shape index (κ1) is 48.9.